The second-order valence-corrected chi connectivity index (χ2v) is 5.32. The summed E-state index contributed by atoms with van der Waals surface area (Å²) in [5, 5.41) is 10.4. The van der Waals surface area contributed by atoms with E-state index in [0.717, 1.165) is 12.1 Å². The lowest BCUT2D eigenvalue weighted by molar-refractivity contribution is -0.423. The first-order valence-electron chi connectivity index (χ1n) is 6.95. The Balaban J connectivity index is 2.93. The molecule has 0 aromatic heterocycles. The second-order valence-electron chi connectivity index (χ2n) is 5.32. The zero-order valence-corrected chi connectivity index (χ0v) is 13.7. The number of carbonyl (C=O) groups is 1. The highest BCUT2D eigenvalue weighted by atomic mass is 19.4. The summed E-state index contributed by atoms with van der Waals surface area (Å²) in [7, 11) is 0. The zero-order valence-electron chi connectivity index (χ0n) is 13.7. The minimum atomic E-state index is -7.63. The van der Waals surface area contributed by atoms with Crippen LogP contribution in [0, 0.1) is 10.1 Å². The van der Waals surface area contributed by atoms with Crippen LogP contribution in [0.1, 0.15) is 0 Å². The third kappa shape index (κ3) is 4.48. The first-order chi connectivity index (χ1) is 13.3. The molecule has 0 amide bonds. The Morgan fingerprint density at radius 1 is 0.833 bits per heavy atom. The quantitative estimate of drug-likeness (QED) is 0.182. The van der Waals surface area contributed by atoms with Gasteiger partial charge >= 0.3 is 36.0 Å². The van der Waals surface area contributed by atoms with E-state index in [-0.39, 0.29) is 0 Å². The molecule has 0 aliphatic rings. The molecule has 1 aromatic carbocycles. The monoisotopic (exact) mass is 465 g/mol. The number of rotatable bonds is 7. The molecule has 0 saturated heterocycles. The molecule has 30 heavy (non-hydrogen) atoms. The number of alkyl halides is 11. The SMILES string of the molecule is O=C(OCC(F)(F)C(F)(F)C(F)(F)C(F)(F)C(F)(F)F)Oc1ccc([N+](=O)[O-])cc1. The van der Waals surface area contributed by atoms with E-state index in [0.29, 0.717) is 12.1 Å². The molecule has 0 saturated carbocycles. The lowest BCUT2D eigenvalue weighted by Gasteiger charge is -2.36. The number of nitrogens with zero attached hydrogens (tertiary/aromatic N) is 1. The van der Waals surface area contributed by atoms with Crippen molar-refractivity contribution in [3.63, 3.8) is 0 Å². The van der Waals surface area contributed by atoms with Crippen LogP contribution in [0.2, 0.25) is 0 Å². The lowest BCUT2D eigenvalue weighted by Crippen LogP contribution is -2.67. The Labute approximate surface area is 157 Å². The van der Waals surface area contributed by atoms with E-state index < -0.39 is 59.0 Å². The topological polar surface area (TPSA) is 78.7 Å². The van der Waals surface area contributed by atoms with E-state index in [4.69, 9.17) is 0 Å². The van der Waals surface area contributed by atoms with Crippen molar-refractivity contribution >= 4 is 11.8 Å². The van der Waals surface area contributed by atoms with Crippen molar-refractivity contribution < 1.29 is 67.5 Å². The van der Waals surface area contributed by atoms with Crippen molar-refractivity contribution in [1.29, 1.82) is 0 Å². The van der Waals surface area contributed by atoms with E-state index in [1.54, 1.807) is 0 Å². The number of nitro benzene ring substituents is 1. The Morgan fingerprint density at radius 3 is 1.70 bits per heavy atom. The van der Waals surface area contributed by atoms with Crippen LogP contribution >= 0.6 is 0 Å². The van der Waals surface area contributed by atoms with Crippen LogP contribution < -0.4 is 4.74 Å². The zero-order chi connectivity index (χ0) is 23.8. The number of hydrogen-bond acceptors (Lipinski definition) is 5. The smallest absolute Gasteiger partial charge is 0.427 e. The number of benzene rings is 1. The van der Waals surface area contributed by atoms with Crippen LogP contribution in [0.5, 0.6) is 5.75 Å². The van der Waals surface area contributed by atoms with E-state index >= 15 is 0 Å². The second kappa shape index (κ2) is 7.75. The van der Waals surface area contributed by atoms with Crippen LogP contribution in [0.15, 0.2) is 24.3 Å². The highest BCUT2D eigenvalue weighted by Gasteiger charge is 2.87. The molecule has 0 bridgehead atoms. The van der Waals surface area contributed by atoms with Crippen LogP contribution in [0.4, 0.5) is 58.8 Å². The summed E-state index contributed by atoms with van der Waals surface area (Å²) in [6.45, 7) is -3.07. The molecule has 0 aliphatic heterocycles. The van der Waals surface area contributed by atoms with Gasteiger partial charge in [-0.1, -0.05) is 0 Å². The van der Waals surface area contributed by atoms with Gasteiger partial charge in [0.25, 0.3) is 5.69 Å². The lowest BCUT2D eigenvalue weighted by atomic mass is 9.98. The molecule has 1 aromatic rings. The van der Waals surface area contributed by atoms with Gasteiger partial charge in [-0.3, -0.25) is 10.1 Å². The van der Waals surface area contributed by atoms with Gasteiger partial charge < -0.3 is 9.47 Å². The molecule has 1 rings (SSSR count). The average molecular weight is 465 g/mol. The summed E-state index contributed by atoms with van der Waals surface area (Å²) in [6, 6.07) is 2.85. The van der Waals surface area contributed by atoms with Gasteiger partial charge in [-0.05, 0) is 12.1 Å². The van der Waals surface area contributed by atoms with E-state index in [9.17, 15) is 63.2 Å². The first kappa shape index (κ1) is 25.2. The maximum Gasteiger partial charge on any atom is 0.514 e. The van der Waals surface area contributed by atoms with Crippen LogP contribution in [-0.2, 0) is 4.74 Å². The molecule has 0 heterocycles. The van der Waals surface area contributed by atoms with Gasteiger partial charge in [0.05, 0.1) is 4.92 Å². The van der Waals surface area contributed by atoms with Crippen molar-refractivity contribution in [3.05, 3.63) is 34.4 Å². The van der Waals surface area contributed by atoms with Gasteiger partial charge in [-0.25, -0.2) is 4.79 Å². The Hall–Kier alpha value is -2.88. The predicted octanol–water partition coefficient (Wildman–Crippen LogP) is 5.21. The van der Waals surface area contributed by atoms with Gasteiger partial charge in [0.1, 0.15) is 5.75 Å². The fraction of sp³-hybridized carbons (Fsp3) is 0.462. The molecule has 170 valence electrons. The summed E-state index contributed by atoms with van der Waals surface area (Å²) < 4.78 is 148. The molecule has 0 aliphatic carbocycles. The molecular formula is C13H6F11NO5. The highest BCUT2D eigenvalue weighted by molar-refractivity contribution is 5.64. The molecular weight excluding hydrogens is 459 g/mol. The Morgan fingerprint density at radius 2 is 1.30 bits per heavy atom. The summed E-state index contributed by atoms with van der Waals surface area (Å²) in [5.41, 5.74) is -0.533. The molecule has 0 spiro atoms. The summed E-state index contributed by atoms with van der Waals surface area (Å²) in [5.74, 6) is -29.6. The minimum Gasteiger partial charge on any atom is -0.427 e. The maximum atomic E-state index is 13.3. The molecule has 17 heteroatoms. The largest absolute Gasteiger partial charge is 0.514 e. The fourth-order valence-electron chi connectivity index (χ4n) is 1.61. The van der Waals surface area contributed by atoms with Crippen LogP contribution in [0.25, 0.3) is 0 Å². The number of carbonyl (C=O) groups excluding carboxylic acids is 1. The van der Waals surface area contributed by atoms with Crippen molar-refractivity contribution in [2.75, 3.05) is 6.61 Å². The third-order valence-electron chi connectivity index (χ3n) is 3.22. The minimum absolute atomic E-state index is 0.533. The molecule has 0 atom stereocenters. The number of halogens is 11. The van der Waals surface area contributed by atoms with E-state index in [2.05, 4.69) is 9.47 Å². The Bertz CT molecular complexity index is 792. The standard InChI is InChI=1S/C13H6F11NO5/c14-9(15,10(16,17)11(18,19)12(20,21)13(22,23)24)5-29-8(26)30-7-3-1-6(2-4-7)25(27)28/h1-4H,5H2. The van der Waals surface area contributed by atoms with Crippen molar-refractivity contribution in [2.24, 2.45) is 0 Å². The van der Waals surface area contributed by atoms with Crippen LogP contribution in [-0.4, -0.2) is 47.6 Å². The van der Waals surface area contributed by atoms with E-state index in [1.807, 2.05) is 0 Å². The summed E-state index contributed by atoms with van der Waals surface area (Å²) >= 11 is 0. The molecule has 0 N–H and O–H groups in total. The highest BCUT2D eigenvalue weighted by Crippen LogP contribution is 2.57. The third-order valence-corrected chi connectivity index (χ3v) is 3.22. The summed E-state index contributed by atoms with van der Waals surface area (Å²) in [4.78, 5) is 20.6. The first-order valence-corrected chi connectivity index (χ1v) is 6.95. The van der Waals surface area contributed by atoms with Gasteiger partial charge in [0.2, 0.25) is 0 Å². The molecule has 0 fully saturated rings. The normalized spacial score (nSPS) is 13.7. The Kier molecular flexibility index (Phi) is 6.50. The van der Waals surface area contributed by atoms with Gasteiger partial charge in [0, 0.05) is 12.1 Å². The van der Waals surface area contributed by atoms with Crippen LogP contribution in [0.3, 0.4) is 0 Å². The van der Waals surface area contributed by atoms with Gasteiger partial charge in [-0.15, -0.1) is 0 Å². The average Bonchev–Trinajstić information content (AvgIpc) is 2.59. The predicted molar refractivity (Wildman–Crippen MR) is 70.9 cm³/mol. The molecule has 0 radical (unpaired) electrons. The van der Waals surface area contributed by atoms with Crippen molar-refractivity contribution in [1.82, 2.24) is 0 Å². The van der Waals surface area contributed by atoms with Crippen molar-refractivity contribution in [2.45, 2.75) is 29.9 Å². The molecule has 6 nitrogen and oxygen atoms in total. The van der Waals surface area contributed by atoms with Gasteiger partial charge in [0.15, 0.2) is 6.61 Å². The number of ether oxygens (including phenoxy) is 2. The van der Waals surface area contributed by atoms with Crippen molar-refractivity contribution in [3.8, 4) is 5.75 Å². The summed E-state index contributed by atoms with van der Waals surface area (Å²) in [6.07, 6.45) is -9.60. The fourth-order valence-corrected chi connectivity index (χ4v) is 1.61. The maximum absolute atomic E-state index is 13.3. The number of non-ortho nitro benzene ring substituents is 1. The number of nitro groups is 1. The van der Waals surface area contributed by atoms with Gasteiger partial charge in [-0.2, -0.15) is 48.3 Å². The number of hydrogen-bond donors (Lipinski definition) is 0. The molecule has 0 unspecified atom stereocenters. The van der Waals surface area contributed by atoms with E-state index in [1.165, 1.54) is 0 Å².